The van der Waals surface area contributed by atoms with Gasteiger partial charge in [0.05, 0.1) is 12.7 Å². The lowest BCUT2D eigenvalue weighted by Crippen LogP contribution is -2.40. The smallest absolute Gasteiger partial charge is 0.272 e. The van der Waals surface area contributed by atoms with Gasteiger partial charge in [0, 0.05) is 25.7 Å². The number of nitrogens with zero attached hydrogens (tertiary/aromatic N) is 7. The average molecular weight is 316 g/mol. The third-order valence-corrected chi connectivity index (χ3v) is 4.48. The van der Waals surface area contributed by atoms with Gasteiger partial charge in [-0.15, -0.1) is 5.10 Å². The van der Waals surface area contributed by atoms with Crippen molar-refractivity contribution in [2.24, 2.45) is 0 Å². The molecule has 2 aromatic heterocycles. The van der Waals surface area contributed by atoms with Crippen LogP contribution in [0.4, 0.5) is 0 Å². The summed E-state index contributed by atoms with van der Waals surface area (Å²) in [5, 5.41) is 18.1. The van der Waals surface area contributed by atoms with Crippen molar-refractivity contribution in [3.63, 3.8) is 0 Å². The van der Waals surface area contributed by atoms with E-state index in [1.807, 2.05) is 0 Å². The molecule has 0 unspecified atom stereocenters. The van der Waals surface area contributed by atoms with Crippen LogP contribution in [0.3, 0.4) is 0 Å². The number of hydrogen-bond donors (Lipinski definition) is 1. The fraction of sp³-hybridized carbons (Fsp3) is 0.538. The molecule has 0 atom stereocenters. The molecule has 1 aliphatic heterocycles. The van der Waals surface area contributed by atoms with Crippen LogP contribution < -0.4 is 5.32 Å². The third kappa shape index (κ3) is 2.09. The summed E-state index contributed by atoms with van der Waals surface area (Å²) in [6.45, 7) is 1.57. The first-order chi connectivity index (χ1) is 11.1. The Hall–Kier alpha value is -2.78. The van der Waals surface area contributed by atoms with Crippen LogP contribution in [0.25, 0.3) is 0 Å². The van der Waals surface area contributed by atoms with E-state index < -0.39 is 5.54 Å². The number of aromatic nitrogens is 6. The molecule has 10 heteroatoms. The number of carbonyl (C=O) groups excluding carboxylic acids is 2. The van der Waals surface area contributed by atoms with Crippen molar-refractivity contribution < 1.29 is 9.59 Å². The Morgan fingerprint density at radius 2 is 2.22 bits per heavy atom. The second kappa shape index (κ2) is 4.86. The van der Waals surface area contributed by atoms with Crippen LogP contribution in [0.2, 0.25) is 0 Å². The van der Waals surface area contributed by atoms with Crippen LogP contribution in [0.15, 0.2) is 12.5 Å². The molecule has 0 radical (unpaired) electrons. The number of tetrazole rings is 1. The van der Waals surface area contributed by atoms with E-state index >= 15 is 0 Å². The first-order valence-electron chi connectivity index (χ1n) is 7.44. The predicted molar refractivity (Wildman–Crippen MR) is 76.1 cm³/mol. The topological polar surface area (TPSA) is 111 Å². The van der Waals surface area contributed by atoms with Crippen LogP contribution in [-0.2, 0) is 23.4 Å². The van der Waals surface area contributed by atoms with Gasteiger partial charge < -0.3 is 10.2 Å². The summed E-state index contributed by atoms with van der Waals surface area (Å²) >= 11 is 0. The largest absolute Gasteiger partial charge is 0.350 e. The number of amides is 2. The highest BCUT2D eigenvalue weighted by Crippen LogP contribution is 2.42. The Balaban J connectivity index is 1.50. The van der Waals surface area contributed by atoms with Gasteiger partial charge in [0.1, 0.15) is 17.6 Å². The van der Waals surface area contributed by atoms with E-state index in [-0.39, 0.29) is 18.4 Å². The number of likely N-dealkylation sites (N-methyl/N-ethyl adjacent to an activating group) is 1. The zero-order chi connectivity index (χ0) is 16.0. The van der Waals surface area contributed by atoms with Crippen LogP contribution in [0.5, 0.6) is 0 Å². The molecule has 3 heterocycles. The van der Waals surface area contributed by atoms with Gasteiger partial charge in [-0.2, -0.15) is 5.10 Å². The first-order valence-corrected chi connectivity index (χ1v) is 7.44. The number of carbonyl (C=O) groups is 2. The third-order valence-electron chi connectivity index (χ3n) is 4.48. The monoisotopic (exact) mass is 316 g/mol. The minimum absolute atomic E-state index is 0.0698. The summed E-state index contributed by atoms with van der Waals surface area (Å²) in [5.74, 6) is -0.207. The van der Waals surface area contributed by atoms with Gasteiger partial charge in [-0.05, 0) is 23.3 Å². The molecule has 23 heavy (non-hydrogen) atoms. The molecule has 0 spiro atoms. The Morgan fingerprint density at radius 3 is 2.91 bits per heavy atom. The van der Waals surface area contributed by atoms with Crippen LogP contribution in [-0.4, -0.2) is 60.3 Å². The zero-order valence-corrected chi connectivity index (χ0v) is 12.6. The van der Waals surface area contributed by atoms with E-state index in [4.69, 9.17) is 0 Å². The molecule has 2 aromatic rings. The van der Waals surface area contributed by atoms with Crippen molar-refractivity contribution >= 4 is 11.8 Å². The molecule has 1 aliphatic carbocycles. The van der Waals surface area contributed by atoms with Crippen LogP contribution in [0, 0.1) is 0 Å². The lowest BCUT2D eigenvalue weighted by Gasteiger charge is -2.24. The van der Waals surface area contributed by atoms with E-state index in [9.17, 15) is 9.59 Å². The maximum Gasteiger partial charge on any atom is 0.272 e. The second-order valence-electron chi connectivity index (χ2n) is 5.94. The molecule has 0 saturated heterocycles. The zero-order valence-electron chi connectivity index (χ0n) is 12.6. The first kappa shape index (κ1) is 13.9. The lowest BCUT2D eigenvalue weighted by molar-refractivity contribution is -0.126. The van der Waals surface area contributed by atoms with Gasteiger partial charge in [-0.1, -0.05) is 0 Å². The van der Waals surface area contributed by atoms with Gasteiger partial charge >= 0.3 is 0 Å². The maximum atomic E-state index is 12.5. The molecule has 2 aliphatic rings. The van der Waals surface area contributed by atoms with E-state index in [0.717, 1.165) is 5.56 Å². The minimum Gasteiger partial charge on any atom is -0.350 e. The average Bonchev–Trinajstić information content (AvgIpc) is 2.99. The highest BCUT2D eigenvalue weighted by molar-refractivity contribution is 5.94. The maximum absolute atomic E-state index is 12.5. The molecule has 4 rings (SSSR count). The molecule has 0 aromatic carbocycles. The summed E-state index contributed by atoms with van der Waals surface area (Å²) < 4.78 is 3.19. The number of nitrogens with one attached hydrogen (secondary N) is 1. The fourth-order valence-corrected chi connectivity index (χ4v) is 2.87. The van der Waals surface area contributed by atoms with Crippen molar-refractivity contribution in [2.75, 3.05) is 13.6 Å². The van der Waals surface area contributed by atoms with Crippen LogP contribution in [0.1, 0.15) is 28.9 Å². The van der Waals surface area contributed by atoms with Gasteiger partial charge in [0.25, 0.3) is 5.91 Å². The normalized spacial score (nSPS) is 18.7. The fourth-order valence-electron chi connectivity index (χ4n) is 2.87. The lowest BCUT2D eigenvalue weighted by atomic mass is 10.2. The molecular weight excluding hydrogens is 300 g/mol. The molecule has 10 nitrogen and oxygen atoms in total. The molecule has 1 saturated carbocycles. The molecule has 1 fully saturated rings. The Labute approximate surface area is 131 Å². The van der Waals surface area contributed by atoms with Gasteiger partial charge in [0.15, 0.2) is 0 Å². The molecule has 1 N–H and O–H groups in total. The minimum atomic E-state index is -0.683. The molecule has 0 bridgehead atoms. The van der Waals surface area contributed by atoms with Crippen molar-refractivity contribution in [2.45, 2.75) is 31.5 Å². The molecule has 120 valence electrons. The van der Waals surface area contributed by atoms with E-state index in [1.165, 1.54) is 11.0 Å². The number of hydrogen-bond acceptors (Lipinski definition) is 6. The number of fused-ring (bicyclic) bond motifs is 1. The highest BCUT2D eigenvalue weighted by atomic mass is 16.2. The second-order valence-corrected chi connectivity index (χ2v) is 5.94. The summed E-state index contributed by atoms with van der Waals surface area (Å²) in [6.07, 6.45) is 4.51. The van der Waals surface area contributed by atoms with Crippen LogP contribution >= 0.6 is 0 Å². The predicted octanol–water partition coefficient (Wildman–Crippen LogP) is -1.24. The summed E-state index contributed by atoms with van der Waals surface area (Å²) in [6, 6.07) is 0. The highest BCUT2D eigenvalue weighted by Gasteiger charge is 2.53. The van der Waals surface area contributed by atoms with Gasteiger partial charge in [0.2, 0.25) is 5.91 Å². The van der Waals surface area contributed by atoms with E-state index in [1.54, 1.807) is 22.8 Å². The summed E-state index contributed by atoms with van der Waals surface area (Å²) in [4.78, 5) is 26.4. The van der Waals surface area contributed by atoms with Gasteiger partial charge in [-0.25, -0.2) is 4.68 Å². The summed E-state index contributed by atoms with van der Waals surface area (Å²) in [7, 11) is 1.76. The SMILES string of the molecule is CN1CCn2ncc(CNC(=O)C3(n4cnnn4)CC3)c2C1=O. The van der Waals surface area contributed by atoms with Crippen molar-refractivity contribution in [1.82, 2.24) is 40.2 Å². The van der Waals surface area contributed by atoms with Crippen molar-refractivity contribution in [1.29, 1.82) is 0 Å². The van der Waals surface area contributed by atoms with Crippen molar-refractivity contribution in [3.05, 3.63) is 23.8 Å². The Kier molecular flexibility index (Phi) is 2.93. The van der Waals surface area contributed by atoms with Crippen molar-refractivity contribution in [3.8, 4) is 0 Å². The van der Waals surface area contributed by atoms with Gasteiger partial charge in [-0.3, -0.25) is 14.3 Å². The molecule has 2 amide bonds. The summed E-state index contributed by atoms with van der Waals surface area (Å²) in [5.41, 5.74) is 0.589. The van der Waals surface area contributed by atoms with E-state index in [2.05, 4.69) is 25.9 Å². The quantitative estimate of drug-likeness (QED) is 0.755. The number of rotatable bonds is 4. The Bertz CT molecular complexity index is 761. The standard InChI is InChI=1S/C13H16N8O2/c1-19-4-5-20-10(11(19)22)9(7-16-20)6-14-12(23)13(2-3-13)21-8-15-17-18-21/h7-8H,2-6H2,1H3,(H,14,23). The molecular formula is C13H16N8O2. The van der Waals surface area contributed by atoms with E-state index in [0.29, 0.717) is 31.6 Å². The Morgan fingerprint density at radius 1 is 1.39 bits per heavy atom.